The van der Waals surface area contributed by atoms with Gasteiger partial charge in [-0.3, -0.25) is 4.90 Å². The Balaban J connectivity index is 2.19. The van der Waals surface area contributed by atoms with Crippen LogP contribution in [0.3, 0.4) is 0 Å². The van der Waals surface area contributed by atoms with Crippen LogP contribution in [0.2, 0.25) is 0 Å². The lowest BCUT2D eigenvalue weighted by molar-refractivity contribution is -0.000895. The van der Waals surface area contributed by atoms with Crippen LogP contribution in [0.5, 0.6) is 0 Å². The highest BCUT2D eigenvalue weighted by molar-refractivity contribution is 5.06. The topological polar surface area (TPSA) is 84.2 Å². The van der Waals surface area contributed by atoms with Crippen LogP contribution in [-0.2, 0) is 0 Å². The zero-order valence-electron chi connectivity index (χ0n) is 7.24. The molecule has 0 spiro atoms. The van der Waals surface area contributed by atoms with Gasteiger partial charge in [0.25, 0.3) is 0 Å². The molecule has 0 aliphatic carbocycles. The number of rotatable bonds is 1. The van der Waals surface area contributed by atoms with Gasteiger partial charge in [0.05, 0.1) is 37.0 Å². The summed E-state index contributed by atoms with van der Waals surface area (Å²) in [4.78, 5) is 1.79. The fourth-order valence-corrected chi connectivity index (χ4v) is 2.47. The van der Waals surface area contributed by atoms with Crippen LogP contribution in [0.4, 0.5) is 0 Å². The lowest BCUT2D eigenvalue weighted by Gasteiger charge is -2.22. The van der Waals surface area contributed by atoms with E-state index in [2.05, 4.69) is 0 Å². The summed E-state index contributed by atoms with van der Waals surface area (Å²) >= 11 is 0. The van der Waals surface area contributed by atoms with Gasteiger partial charge < -0.3 is 20.4 Å². The third-order valence-electron chi connectivity index (χ3n) is 3.17. The maximum atomic E-state index is 9.58. The molecule has 0 amide bonds. The van der Waals surface area contributed by atoms with Crippen molar-refractivity contribution in [2.24, 2.45) is 0 Å². The van der Waals surface area contributed by atoms with Gasteiger partial charge in [0.2, 0.25) is 0 Å². The van der Waals surface area contributed by atoms with Crippen LogP contribution < -0.4 is 0 Å². The first kappa shape index (κ1) is 9.36. The van der Waals surface area contributed by atoms with Gasteiger partial charge in [-0.1, -0.05) is 0 Å². The molecule has 5 nitrogen and oxygen atoms in total. The van der Waals surface area contributed by atoms with Crippen molar-refractivity contribution in [2.45, 2.75) is 36.8 Å². The number of fused-ring (bicyclic) bond motifs is 1. The van der Waals surface area contributed by atoms with Gasteiger partial charge in [-0.05, 0) is 6.42 Å². The Labute approximate surface area is 76.2 Å². The van der Waals surface area contributed by atoms with Gasteiger partial charge in [-0.2, -0.15) is 0 Å². The van der Waals surface area contributed by atoms with Crippen molar-refractivity contribution in [1.29, 1.82) is 0 Å². The summed E-state index contributed by atoms with van der Waals surface area (Å²) < 4.78 is 0. The minimum absolute atomic E-state index is 0.179. The molecule has 0 aromatic carbocycles. The van der Waals surface area contributed by atoms with Crippen molar-refractivity contribution in [1.82, 2.24) is 4.90 Å². The van der Waals surface area contributed by atoms with Crippen LogP contribution >= 0.6 is 0 Å². The van der Waals surface area contributed by atoms with Crippen LogP contribution in [0, 0.1) is 0 Å². The molecule has 0 radical (unpaired) electrons. The molecule has 2 saturated heterocycles. The smallest absolute Gasteiger partial charge is 0.0995 e. The second-order valence-corrected chi connectivity index (χ2v) is 3.82. The molecule has 0 aromatic rings. The van der Waals surface area contributed by atoms with E-state index in [1.165, 1.54) is 0 Å². The molecule has 0 aromatic heterocycles. The second-order valence-electron chi connectivity index (χ2n) is 3.82. The summed E-state index contributed by atoms with van der Waals surface area (Å²) in [6.45, 7) is 0.451. The van der Waals surface area contributed by atoms with Gasteiger partial charge in [0.1, 0.15) is 0 Å². The first-order valence-corrected chi connectivity index (χ1v) is 4.57. The molecule has 2 heterocycles. The summed E-state index contributed by atoms with van der Waals surface area (Å²) in [5.74, 6) is 0. The molecule has 76 valence electrons. The first-order chi connectivity index (χ1) is 6.16. The number of hydrogen-bond donors (Lipinski definition) is 4. The molecule has 0 saturated carbocycles. The molecule has 5 heteroatoms. The van der Waals surface area contributed by atoms with E-state index in [1.54, 1.807) is 4.90 Å². The van der Waals surface area contributed by atoms with E-state index in [0.717, 1.165) is 0 Å². The van der Waals surface area contributed by atoms with Crippen LogP contribution in [0.15, 0.2) is 0 Å². The molecule has 5 atom stereocenters. The lowest BCUT2D eigenvalue weighted by atomic mass is 10.0. The van der Waals surface area contributed by atoms with Gasteiger partial charge in [0.15, 0.2) is 0 Å². The highest BCUT2D eigenvalue weighted by Gasteiger charge is 2.52. The van der Waals surface area contributed by atoms with Gasteiger partial charge in [-0.15, -0.1) is 0 Å². The highest BCUT2D eigenvalue weighted by Crippen LogP contribution is 2.33. The normalized spacial score (nSPS) is 51.2. The molecular formula is C8H15NO4. The van der Waals surface area contributed by atoms with Gasteiger partial charge in [0, 0.05) is 6.54 Å². The largest absolute Gasteiger partial charge is 0.395 e. The summed E-state index contributed by atoms with van der Waals surface area (Å²) in [5.41, 5.74) is 0. The molecule has 0 bridgehead atoms. The number of aliphatic hydroxyl groups is 4. The Kier molecular flexibility index (Phi) is 2.29. The fraction of sp³-hybridized carbons (Fsp3) is 1.00. The molecule has 2 aliphatic heterocycles. The van der Waals surface area contributed by atoms with Crippen LogP contribution in [-0.4, -0.2) is 68.9 Å². The summed E-state index contributed by atoms with van der Waals surface area (Å²) in [6.07, 6.45) is -1.86. The molecule has 2 aliphatic rings. The Morgan fingerprint density at radius 2 is 1.85 bits per heavy atom. The molecular weight excluding hydrogens is 174 g/mol. The molecule has 2 fully saturated rings. The average Bonchev–Trinajstić information content (AvgIpc) is 2.57. The quantitative estimate of drug-likeness (QED) is 0.367. The molecule has 0 unspecified atom stereocenters. The number of aliphatic hydroxyl groups excluding tert-OH is 4. The van der Waals surface area contributed by atoms with Crippen molar-refractivity contribution >= 4 is 0 Å². The molecule has 2 rings (SSSR count). The fourth-order valence-electron chi connectivity index (χ4n) is 2.47. The maximum absolute atomic E-state index is 9.58. The van der Waals surface area contributed by atoms with E-state index in [1.807, 2.05) is 0 Å². The highest BCUT2D eigenvalue weighted by atomic mass is 16.3. The Bertz CT molecular complexity index is 201. The van der Waals surface area contributed by atoms with Crippen molar-refractivity contribution in [3.63, 3.8) is 0 Å². The predicted octanol–water partition coefficient (Wildman–Crippen LogP) is -2.48. The Morgan fingerprint density at radius 1 is 1.15 bits per heavy atom. The standard InChI is InChI=1S/C8H15NO4/c10-3-4-7(12)8(13)6-5(11)1-2-9(4)6/h4-8,10-13H,1-3H2/t4-,5+,6-,7-,8+/m1/s1. The van der Waals surface area contributed by atoms with Crippen molar-refractivity contribution in [2.75, 3.05) is 13.2 Å². The van der Waals surface area contributed by atoms with Crippen LogP contribution in [0.25, 0.3) is 0 Å². The van der Waals surface area contributed by atoms with E-state index in [4.69, 9.17) is 5.11 Å². The average molecular weight is 189 g/mol. The SMILES string of the molecule is OC[C@@H]1[C@@H](O)[C@@H](O)[C@H]2[C@@H](O)CCN21. The monoisotopic (exact) mass is 189 g/mol. The Hall–Kier alpha value is -0.200. The Morgan fingerprint density at radius 3 is 2.46 bits per heavy atom. The maximum Gasteiger partial charge on any atom is 0.0995 e. The summed E-state index contributed by atoms with van der Waals surface area (Å²) in [7, 11) is 0. The molecule has 4 N–H and O–H groups in total. The van der Waals surface area contributed by atoms with E-state index in [9.17, 15) is 15.3 Å². The zero-order valence-corrected chi connectivity index (χ0v) is 7.24. The third kappa shape index (κ3) is 1.19. The predicted molar refractivity (Wildman–Crippen MR) is 44.0 cm³/mol. The van der Waals surface area contributed by atoms with E-state index in [0.29, 0.717) is 13.0 Å². The van der Waals surface area contributed by atoms with E-state index < -0.39 is 30.4 Å². The number of hydrogen-bond acceptors (Lipinski definition) is 5. The first-order valence-electron chi connectivity index (χ1n) is 4.57. The van der Waals surface area contributed by atoms with Gasteiger partial charge in [-0.25, -0.2) is 0 Å². The van der Waals surface area contributed by atoms with Crippen molar-refractivity contribution < 1.29 is 20.4 Å². The molecule has 13 heavy (non-hydrogen) atoms. The van der Waals surface area contributed by atoms with Crippen LogP contribution in [0.1, 0.15) is 6.42 Å². The second kappa shape index (κ2) is 3.18. The zero-order chi connectivity index (χ0) is 9.59. The lowest BCUT2D eigenvalue weighted by Crippen LogP contribution is -2.39. The van der Waals surface area contributed by atoms with E-state index >= 15 is 0 Å². The minimum Gasteiger partial charge on any atom is -0.395 e. The van der Waals surface area contributed by atoms with E-state index in [-0.39, 0.29) is 6.61 Å². The third-order valence-corrected chi connectivity index (χ3v) is 3.17. The summed E-state index contributed by atoms with van der Waals surface area (Å²) in [5, 5.41) is 37.6. The van der Waals surface area contributed by atoms with Crippen molar-refractivity contribution in [3.8, 4) is 0 Å². The number of nitrogens with zero attached hydrogens (tertiary/aromatic N) is 1. The van der Waals surface area contributed by atoms with Crippen molar-refractivity contribution in [3.05, 3.63) is 0 Å². The summed E-state index contributed by atoms with van der Waals surface area (Å²) in [6, 6.07) is -0.815. The minimum atomic E-state index is -0.940. The van der Waals surface area contributed by atoms with Gasteiger partial charge >= 0.3 is 0 Å².